The molecule has 0 saturated heterocycles. The van der Waals surface area contributed by atoms with Gasteiger partial charge in [-0.2, -0.15) is 5.26 Å². The largest absolute Gasteiger partial charge is 0.457 e. The van der Waals surface area contributed by atoms with Gasteiger partial charge in [0.05, 0.1) is 12.3 Å². The zero-order valence-electron chi connectivity index (χ0n) is 12.6. The van der Waals surface area contributed by atoms with Crippen LogP contribution in [0, 0.1) is 17.1 Å². The van der Waals surface area contributed by atoms with Crippen LogP contribution in [0.1, 0.15) is 11.3 Å². The molecule has 1 heterocycles. The number of benzene rings is 2. The molecule has 0 unspecified atom stereocenters. The third-order valence-electron chi connectivity index (χ3n) is 3.38. The zero-order valence-corrected chi connectivity index (χ0v) is 12.6. The van der Waals surface area contributed by atoms with Crippen molar-refractivity contribution in [2.45, 2.75) is 6.61 Å². The highest BCUT2D eigenvalue weighted by molar-refractivity contribution is 5.62. The van der Waals surface area contributed by atoms with Gasteiger partial charge < -0.3 is 9.84 Å². The number of nitriles is 1. The van der Waals surface area contributed by atoms with E-state index in [1.165, 1.54) is 12.1 Å². The fourth-order valence-corrected chi connectivity index (χ4v) is 2.22. The van der Waals surface area contributed by atoms with Gasteiger partial charge in [-0.05, 0) is 66.2 Å². The van der Waals surface area contributed by atoms with Crippen LogP contribution in [0.3, 0.4) is 0 Å². The molecule has 5 heteroatoms. The van der Waals surface area contributed by atoms with Crippen LogP contribution in [0.15, 0.2) is 60.7 Å². The molecular formula is C19H13FN2O2. The van der Waals surface area contributed by atoms with Crippen LogP contribution in [0.25, 0.3) is 11.3 Å². The van der Waals surface area contributed by atoms with Crippen molar-refractivity contribution in [3.8, 4) is 28.8 Å². The van der Waals surface area contributed by atoms with Crippen molar-refractivity contribution in [3.05, 3.63) is 77.7 Å². The Hall–Kier alpha value is -3.23. The Labute approximate surface area is 138 Å². The molecule has 0 radical (unpaired) electrons. The molecule has 3 aromatic rings. The second-order valence-electron chi connectivity index (χ2n) is 5.10. The van der Waals surface area contributed by atoms with Crippen molar-refractivity contribution in [2.24, 2.45) is 0 Å². The molecule has 4 nitrogen and oxygen atoms in total. The monoisotopic (exact) mass is 320 g/mol. The molecule has 0 aliphatic heterocycles. The number of hydrogen-bond donors (Lipinski definition) is 1. The van der Waals surface area contributed by atoms with E-state index in [0.717, 1.165) is 5.56 Å². The number of hydrogen-bond acceptors (Lipinski definition) is 4. The molecule has 0 aliphatic rings. The Balaban J connectivity index is 1.84. The van der Waals surface area contributed by atoms with Crippen LogP contribution >= 0.6 is 0 Å². The van der Waals surface area contributed by atoms with Crippen LogP contribution in [0.2, 0.25) is 0 Å². The summed E-state index contributed by atoms with van der Waals surface area (Å²) in [5.74, 6) is 0.821. The summed E-state index contributed by atoms with van der Waals surface area (Å²) in [6.07, 6.45) is 0. The van der Waals surface area contributed by atoms with E-state index in [1.807, 2.05) is 18.2 Å². The summed E-state index contributed by atoms with van der Waals surface area (Å²) >= 11 is 0. The normalized spacial score (nSPS) is 10.2. The molecule has 1 aromatic heterocycles. The molecule has 0 aliphatic carbocycles. The summed E-state index contributed by atoms with van der Waals surface area (Å²) in [6.45, 7) is -0.157. The molecule has 24 heavy (non-hydrogen) atoms. The third-order valence-corrected chi connectivity index (χ3v) is 3.38. The number of pyridine rings is 1. The Morgan fingerprint density at radius 3 is 2.21 bits per heavy atom. The van der Waals surface area contributed by atoms with Crippen molar-refractivity contribution >= 4 is 0 Å². The first-order valence-electron chi connectivity index (χ1n) is 7.24. The number of halogens is 1. The van der Waals surface area contributed by atoms with E-state index >= 15 is 0 Å². The van der Waals surface area contributed by atoms with Gasteiger partial charge in [0, 0.05) is 5.56 Å². The number of aliphatic hydroxyl groups excluding tert-OH is 1. The number of nitrogens with zero attached hydrogens (tertiary/aromatic N) is 2. The maximum atomic E-state index is 12.9. The third kappa shape index (κ3) is 3.57. The molecule has 2 aromatic carbocycles. The molecule has 1 N–H and O–H groups in total. The van der Waals surface area contributed by atoms with Crippen LogP contribution in [-0.4, -0.2) is 10.1 Å². The summed E-state index contributed by atoms with van der Waals surface area (Å²) in [5.41, 5.74) is 2.28. The Morgan fingerprint density at radius 2 is 1.62 bits per heavy atom. The minimum Gasteiger partial charge on any atom is -0.457 e. The summed E-state index contributed by atoms with van der Waals surface area (Å²) in [6, 6.07) is 18.2. The van der Waals surface area contributed by atoms with Crippen molar-refractivity contribution in [1.29, 1.82) is 5.26 Å². The van der Waals surface area contributed by atoms with E-state index in [2.05, 4.69) is 4.98 Å². The molecule has 0 atom stereocenters. The lowest BCUT2D eigenvalue weighted by molar-refractivity contribution is 0.281. The zero-order chi connectivity index (χ0) is 16.9. The van der Waals surface area contributed by atoms with Crippen molar-refractivity contribution in [3.63, 3.8) is 0 Å². The quantitative estimate of drug-likeness (QED) is 0.788. The van der Waals surface area contributed by atoms with Gasteiger partial charge in [-0.15, -0.1) is 0 Å². The van der Waals surface area contributed by atoms with Crippen LogP contribution in [-0.2, 0) is 6.61 Å². The van der Waals surface area contributed by atoms with Crippen LogP contribution < -0.4 is 4.74 Å². The smallest absolute Gasteiger partial charge is 0.141 e. The Morgan fingerprint density at radius 1 is 1.00 bits per heavy atom. The topological polar surface area (TPSA) is 66.1 Å². The van der Waals surface area contributed by atoms with Crippen LogP contribution in [0.4, 0.5) is 4.39 Å². The molecule has 0 spiro atoms. The van der Waals surface area contributed by atoms with E-state index < -0.39 is 0 Å². The van der Waals surface area contributed by atoms with Crippen LogP contribution in [0.5, 0.6) is 11.5 Å². The molecular weight excluding hydrogens is 307 g/mol. The molecule has 0 amide bonds. The minimum absolute atomic E-state index is 0.157. The molecule has 0 saturated carbocycles. The highest BCUT2D eigenvalue weighted by Crippen LogP contribution is 2.26. The van der Waals surface area contributed by atoms with E-state index in [1.54, 1.807) is 36.4 Å². The van der Waals surface area contributed by atoms with Gasteiger partial charge in [0.2, 0.25) is 0 Å². The first kappa shape index (κ1) is 15.7. The van der Waals surface area contributed by atoms with Gasteiger partial charge in [0.15, 0.2) is 0 Å². The summed E-state index contributed by atoms with van der Waals surface area (Å²) in [7, 11) is 0. The molecule has 118 valence electrons. The minimum atomic E-state index is -0.319. The average Bonchev–Trinajstić information content (AvgIpc) is 2.63. The van der Waals surface area contributed by atoms with Crippen molar-refractivity contribution in [1.82, 2.24) is 4.98 Å². The lowest BCUT2D eigenvalue weighted by atomic mass is 10.1. The van der Waals surface area contributed by atoms with E-state index in [-0.39, 0.29) is 18.1 Å². The van der Waals surface area contributed by atoms with Crippen molar-refractivity contribution in [2.75, 3.05) is 0 Å². The summed E-state index contributed by atoms with van der Waals surface area (Å²) in [5, 5.41) is 18.3. The van der Waals surface area contributed by atoms with E-state index in [9.17, 15) is 9.50 Å². The predicted molar refractivity (Wildman–Crippen MR) is 86.8 cm³/mol. The maximum Gasteiger partial charge on any atom is 0.141 e. The number of aliphatic hydroxyl groups is 1. The summed E-state index contributed by atoms with van der Waals surface area (Å²) < 4.78 is 18.5. The predicted octanol–water partition coefficient (Wildman–Crippen LogP) is 4.04. The fraction of sp³-hybridized carbons (Fsp3) is 0.0526. The van der Waals surface area contributed by atoms with Gasteiger partial charge in [-0.25, -0.2) is 9.37 Å². The SMILES string of the molecule is N#Cc1cc(CO)cc(-c2ccc(Oc3ccc(F)cc3)cc2)n1. The summed E-state index contributed by atoms with van der Waals surface area (Å²) in [4.78, 5) is 4.24. The molecule has 0 fully saturated rings. The second-order valence-corrected chi connectivity index (χ2v) is 5.10. The lowest BCUT2D eigenvalue weighted by Gasteiger charge is -2.08. The van der Waals surface area contributed by atoms with Crippen molar-refractivity contribution < 1.29 is 14.2 Å². The highest BCUT2D eigenvalue weighted by Gasteiger charge is 2.06. The maximum absolute atomic E-state index is 12.9. The highest BCUT2D eigenvalue weighted by atomic mass is 19.1. The van der Waals surface area contributed by atoms with Gasteiger partial charge >= 0.3 is 0 Å². The number of rotatable bonds is 4. The van der Waals surface area contributed by atoms with Gasteiger partial charge in [0.25, 0.3) is 0 Å². The molecule has 3 rings (SSSR count). The first-order chi connectivity index (χ1) is 11.7. The molecule has 0 bridgehead atoms. The van der Waals surface area contributed by atoms with E-state index in [4.69, 9.17) is 10.00 Å². The number of aromatic nitrogens is 1. The van der Waals surface area contributed by atoms with Gasteiger partial charge in [-0.1, -0.05) is 0 Å². The number of ether oxygens (including phenoxy) is 1. The Bertz CT molecular complexity index is 885. The fourth-order valence-electron chi connectivity index (χ4n) is 2.22. The lowest BCUT2D eigenvalue weighted by Crippen LogP contribution is -1.93. The average molecular weight is 320 g/mol. The standard InChI is InChI=1S/C19H13FN2O2/c20-15-3-7-18(8-4-15)24-17-5-1-14(2-6-17)19-10-13(12-23)9-16(11-21)22-19/h1-10,23H,12H2. The first-order valence-corrected chi connectivity index (χ1v) is 7.24. The van der Waals surface area contributed by atoms with Gasteiger partial charge in [0.1, 0.15) is 29.1 Å². The van der Waals surface area contributed by atoms with Gasteiger partial charge in [-0.3, -0.25) is 0 Å². The van der Waals surface area contributed by atoms with E-state index in [0.29, 0.717) is 22.8 Å². The second kappa shape index (κ2) is 6.90. The Kier molecular flexibility index (Phi) is 4.50.